The van der Waals surface area contributed by atoms with Crippen molar-refractivity contribution in [1.82, 2.24) is 25.2 Å². The first-order valence-electron chi connectivity index (χ1n) is 11.5. The number of rotatable bonds is 4. The van der Waals surface area contributed by atoms with Crippen LogP contribution in [0.25, 0.3) is 38.5 Å². The Morgan fingerprint density at radius 1 is 1.03 bits per heavy atom. The monoisotopic (exact) mass is 502 g/mol. The third-order valence-electron chi connectivity index (χ3n) is 6.34. The molecule has 35 heavy (non-hydrogen) atoms. The van der Waals surface area contributed by atoms with E-state index in [0.29, 0.717) is 4.91 Å². The Morgan fingerprint density at radius 2 is 1.86 bits per heavy atom. The van der Waals surface area contributed by atoms with Gasteiger partial charge in [-0.1, -0.05) is 30.4 Å². The number of hydrogen-bond donors (Lipinski definition) is 1. The number of likely N-dealkylation sites (N-methyl/N-ethyl adjacent to an activating group) is 1. The van der Waals surface area contributed by atoms with Gasteiger partial charge in [0.15, 0.2) is 5.13 Å². The third kappa shape index (κ3) is 4.29. The van der Waals surface area contributed by atoms with Crippen molar-refractivity contribution < 1.29 is 9.59 Å². The molecule has 2 aliphatic rings. The summed E-state index contributed by atoms with van der Waals surface area (Å²) in [6, 6.07) is 12.0. The number of thiazole rings is 1. The second kappa shape index (κ2) is 9.03. The maximum absolute atomic E-state index is 12.0. The largest absolute Gasteiger partial charge is 0.345 e. The van der Waals surface area contributed by atoms with Crippen molar-refractivity contribution in [1.29, 1.82) is 0 Å². The molecule has 2 amide bonds. The van der Waals surface area contributed by atoms with Gasteiger partial charge in [0, 0.05) is 37.1 Å². The lowest BCUT2D eigenvalue weighted by Crippen LogP contribution is -2.46. The molecule has 2 aliphatic heterocycles. The number of benzene rings is 2. The Bertz CT molecular complexity index is 1510. The zero-order valence-corrected chi connectivity index (χ0v) is 20.7. The Kier molecular flexibility index (Phi) is 5.71. The second-order valence-electron chi connectivity index (χ2n) is 8.45. The van der Waals surface area contributed by atoms with Crippen molar-refractivity contribution >= 4 is 66.6 Å². The number of piperazine rings is 1. The van der Waals surface area contributed by atoms with Crippen molar-refractivity contribution in [2.75, 3.05) is 37.6 Å². The van der Waals surface area contributed by atoms with Crippen LogP contribution >= 0.6 is 23.1 Å². The molecule has 4 aromatic rings. The average Bonchev–Trinajstić information content (AvgIpc) is 3.45. The molecule has 0 radical (unpaired) electrons. The van der Waals surface area contributed by atoms with E-state index in [-0.39, 0.29) is 11.1 Å². The third-order valence-corrected chi connectivity index (χ3v) is 8.23. The van der Waals surface area contributed by atoms with Crippen LogP contribution in [0.3, 0.4) is 0 Å². The maximum atomic E-state index is 12.0. The van der Waals surface area contributed by atoms with E-state index in [1.165, 1.54) is 0 Å². The molecule has 0 atom stereocenters. The Labute approximate surface area is 210 Å². The van der Waals surface area contributed by atoms with Crippen LogP contribution in [0.5, 0.6) is 0 Å². The molecule has 0 aliphatic carbocycles. The highest BCUT2D eigenvalue weighted by Crippen LogP contribution is 2.35. The van der Waals surface area contributed by atoms with Crippen LogP contribution in [0.15, 0.2) is 47.6 Å². The van der Waals surface area contributed by atoms with Gasteiger partial charge in [0.25, 0.3) is 11.1 Å². The highest BCUT2D eigenvalue weighted by molar-refractivity contribution is 8.18. The van der Waals surface area contributed by atoms with E-state index in [0.717, 1.165) is 87.6 Å². The van der Waals surface area contributed by atoms with Crippen molar-refractivity contribution in [2.45, 2.75) is 6.92 Å². The van der Waals surface area contributed by atoms with Gasteiger partial charge < -0.3 is 9.80 Å². The second-order valence-corrected chi connectivity index (χ2v) is 10.5. The molecule has 2 aromatic heterocycles. The van der Waals surface area contributed by atoms with E-state index >= 15 is 0 Å². The number of hydrogen-bond acceptors (Lipinski definition) is 9. The number of carbonyl (C=O) groups is 2. The number of anilines is 1. The Hall–Kier alpha value is -3.34. The van der Waals surface area contributed by atoms with Gasteiger partial charge in [-0.3, -0.25) is 14.9 Å². The van der Waals surface area contributed by atoms with Crippen molar-refractivity contribution in [3.8, 4) is 11.3 Å². The quantitative estimate of drug-likeness (QED) is 0.412. The van der Waals surface area contributed by atoms with Crippen molar-refractivity contribution in [2.24, 2.45) is 0 Å². The molecule has 2 fully saturated rings. The maximum Gasteiger partial charge on any atom is 0.290 e. The highest BCUT2D eigenvalue weighted by Gasteiger charge is 2.25. The summed E-state index contributed by atoms with van der Waals surface area (Å²) in [6.45, 7) is 7.42. The molecule has 8 nitrogen and oxygen atoms in total. The molecule has 2 saturated heterocycles. The Morgan fingerprint density at radius 3 is 2.63 bits per heavy atom. The van der Waals surface area contributed by atoms with E-state index < -0.39 is 0 Å². The first kappa shape index (κ1) is 22.1. The first-order chi connectivity index (χ1) is 17.1. The summed E-state index contributed by atoms with van der Waals surface area (Å²) in [5.74, 6) is -0.368. The SMILES string of the molecule is CCN1CCN(c2nc3ccc(-c4ncnc5ccc(C=C6SC(=O)NC6=O)cc45)cc3s2)CC1. The molecule has 176 valence electrons. The summed E-state index contributed by atoms with van der Waals surface area (Å²) in [4.78, 5) is 42.6. The van der Waals surface area contributed by atoms with E-state index in [2.05, 4.69) is 44.1 Å². The lowest BCUT2D eigenvalue weighted by Gasteiger charge is -2.33. The number of thioether (sulfide) groups is 1. The molecule has 0 bridgehead atoms. The minimum Gasteiger partial charge on any atom is -0.345 e. The summed E-state index contributed by atoms with van der Waals surface area (Å²) < 4.78 is 1.12. The molecular weight excluding hydrogens is 480 g/mol. The summed E-state index contributed by atoms with van der Waals surface area (Å²) in [6.07, 6.45) is 3.29. The fraction of sp³-hybridized carbons (Fsp3) is 0.240. The van der Waals surface area contributed by atoms with Crippen molar-refractivity contribution in [3.63, 3.8) is 0 Å². The van der Waals surface area contributed by atoms with Gasteiger partial charge >= 0.3 is 0 Å². The van der Waals surface area contributed by atoms with Crippen LogP contribution in [0.2, 0.25) is 0 Å². The molecule has 0 unspecified atom stereocenters. The number of imide groups is 1. The fourth-order valence-electron chi connectivity index (χ4n) is 4.42. The summed E-state index contributed by atoms with van der Waals surface area (Å²) in [7, 11) is 0. The summed E-state index contributed by atoms with van der Waals surface area (Å²) >= 11 is 2.63. The van der Waals surface area contributed by atoms with E-state index in [1.54, 1.807) is 23.7 Å². The lowest BCUT2D eigenvalue weighted by atomic mass is 10.0. The normalized spacial score (nSPS) is 18.2. The molecule has 0 spiro atoms. The van der Waals surface area contributed by atoms with Crippen LogP contribution in [0, 0.1) is 0 Å². The summed E-state index contributed by atoms with van der Waals surface area (Å²) in [5, 5.41) is 3.89. The molecule has 4 heterocycles. The lowest BCUT2D eigenvalue weighted by molar-refractivity contribution is -0.115. The highest BCUT2D eigenvalue weighted by atomic mass is 32.2. The number of aromatic nitrogens is 3. The zero-order chi connectivity index (χ0) is 23.9. The number of fused-ring (bicyclic) bond motifs is 2. The van der Waals surface area contributed by atoms with Crippen LogP contribution in [-0.2, 0) is 4.79 Å². The van der Waals surface area contributed by atoms with Crippen LogP contribution in [-0.4, -0.2) is 63.7 Å². The van der Waals surface area contributed by atoms with E-state index in [9.17, 15) is 9.59 Å². The molecule has 1 N–H and O–H groups in total. The van der Waals surface area contributed by atoms with E-state index in [1.807, 2.05) is 24.3 Å². The number of amides is 2. The number of nitrogens with one attached hydrogen (secondary N) is 1. The van der Waals surface area contributed by atoms with E-state index in [4.69, 9.17) is 4.98 Å². The fourth-order valence-corrected chi connectivity index (χ4v) is 6.16. The van der Waals surface area contributed by atoms with Crippen LogP contribution in [0.4, 0.5) is 9.93 Å². The van der Waals surface area contributed by atoms with Gasteiger partial charge in [-0.2, -0.15) is 0 Å². The van der Waals surface area contributed by atoms with Crippen molar-refractivity contribution in [3.05, 3.63) is 53.2 Å². The Balaban J connectivity index is 1.35. The predicted octanol–water partition coefficient (Wildman–Crippen LogP) is 4.37. The van der Waals surface area contributed by atoms with Crippen LogP contribution in [0.1, 0.15) is 12.5 Å². The molecule has 0 saturated carbocycles. The minimum atomic E-state index is -0.368. The zero-order valence-electron chi connectivity index (χ0n) is 19.0. The predicted molar refractivity (Wildman–Crippen MR) is 142 cm³/mol. The van der Waals surface area contributed by atoms with Gasteiger partial charge in [-0.05, 0) is 54.2 Å². The van der Waals surface area contributed by atoms with Gasteiger partial charge in [-0.25, -0.2) is 15.0 Å². The van der Waals surface area contributed by atoms with Gasteiger partial charge in [0.05, 0.1) is 26.3 Å². The number of carbonyl (C=O) groups excluding carboxylic acids is 2. The topological polar surface area (TPSA) is 91.3 Å². The first-order valence-corrected chi connectivity index (χ1v) is 13.1. The number of nitrogens with zero attached hydrogens (tertiary/aromatic N) is 5. The molecule has 10 heteroatoms. The molecule has 6 rings (SSSR count). The van der Waals surface area contributed by atoms with Gasteiger partial charge in [0.1, 0.15) is 6.33 Å². The van der Waals surface area contributed by atoms with Gasteiger partial charge in [-0.15, -0.1) is 0 Å². The summed E-state index contributed by atoms with van der Waals surface area (Å²) in [5.41, 5.74) is 4.43. The molecular formula is C25H22N6O2S2. The standard InChI is InChI=1S/C25H22N6O2S2/c1-2-30-7-9-31(10-8-30)24-28-19-6-4-16(13-20(19)34-24)22-17-11-15(3-5-18(17)26-14-27-22)12-21-23(32)29-25(33)35-21/h3-6,11-14H,2,7-10H2,1H3,(H,29,32,33). The van der Waals surface area contributed by atoms with Gasteiger partial charge in [0.2, 0.25) is 0 Å². The van der Waals surface area contributed by atoms with Crippen LogP contribution < -0.4 is 10.2 Å². The smallest absolute Gasteiger partial charge is 0.290 e. The molecule has 2 aromatic carbocycles. The average molecular weight is 503 g/mol. The minimum absolute atomic E-state index is 0.351.